The molecule has 0 amide bonds. The molecule has 1 aliphatic rings. The van der Waals surface area contributed by atoms with Crippen LogP contribution < -0.4 is 0 Å². The van der Waals surface area contributed by atoms with Crippen LogP contribution in [0.4, 0.5) is 0 Å². The van der Waals surface area contributed by atoms with E-state index in [0.29, 0.717) is 30.0 Å². The Hall–Kier alpha value is -3.35. The molecule has 0 unspecified atom stereocenters. The highest BCUT2D eigenvalue weighted by atomic mass is 16.3. The maximum Gasteiger partial charge on any atom is 0.252 e. The Labute approximate surface area is 142 Å². The lowest BCUT2D eigenvalue weighted by Gasteiger charge is -2.20. The number of furan rings is 1. The standard InChI is InChI=1S/C18H13N5O2/c24-15-8-12(16-4-2-6-25-16)7-14-13(15)10-23-18(20-14)21-17(22-23)11-3-1-5-19-9-11/h1-6,9-10,12H,7-8H2/t12-/m1/s1. The fraction of sp³-hybridized carbons (Fsp3) is 0.167. The zero-order chi connectivity index (χ0) is 16.8. The van der Waals surface area contributed by atoms with Gasteiger partial charge in [-0.1, -0.05) is 0 Å². The number of rotatable bonds is 2. The number of carbonyl (C=O) groups excluding carboxylic acids is 1. The lowest BCUT2D eigenvalue weighted by molar-refractivity contribution is 0.0958. The summed E-state index contributed by atoms with van der Waals surface area (Å²) in [4.78, 5) is 25.7. The fourth-order valence-electron chi connectivity index (χ4n) is 3.23. The molecule has 0 saturated carbocycles. The molecule has 4 aromatic rings. The van der Waals surface area contributed by atoms with E-state index in [2.05, 4.69) is 20.1 Å². The third-order valence-corrected chi connectivity index (χ3v) is 4.45. The normalized spacial score (nSPS) is 17.0. The van der Waals surface area contributed by atoms with Crippen molar-refractivity contribution in [1.29, 1.82) is 0 Å². The predicted molar refractivity (Wildman–Crippen MR) is 88.1 cm³/mol. The lowest BCUT2D eigenvalue weighted by Crippen LogP contribution is -2.21. The van der Waals surface area contributed by atoms with E-state index in [4.69, 9.17) is 4.42 Å². The number of aromatic nitrogens is 5. The van der Waals surface area contributed by atoms with Gasteiger partial charge in [-0.25, -0.2) is 9.50 Å². The first-order valence-corrected chi connectivity index (χ1v) is 8.01. The summed E-state index contributed by atoms with van der Waals surface area (Å²) in [5.41, 5.74) is 2.17. The number of nitrogens with zero attached hydrogens (tertiary/aromatic N) is 5. The molecule has 7 heteroatoms. The third-order valence-electron chi connectivity index (χ3n) is 4.45. The molecule has 1 aliphatic carbocycles. The lowest BCUT2D eigenvalue weighted by atomic mass is 9.85. The van der Waals surface area contributed by atoms with Gasteiger partial charge in [-0.2, -0.15) is 4.98 Å². The molecule has 1 atom stereocenters. The molecule has 122 valence electrons. The van der Waals surface area contributed by atoms with Crippen LogP contribution in [0.2, 0.25) is 0 Å². The predicted octanol–water partition coefficient (Wildman–Crippen LogP) is 2.69. The van der Waals surface area contributed by atoms with Crippen LogP contribution in [-0.2, 0) is 6.42 Å². The van der Waals surface area contributed by atoms with Crippen molar-refractivity contribution < 1.29 is 9.21 Å². The van der Waals surface area contributed by atoms with Crippen LogP contribution in [0.15, 0.2) is 53.5 Å². The quantitative estimate of drug-likeness (QED) is 0.561. The van der Waals surface area contributed by atoms with Crippen LogP contribution in [0, 0.1) is 0 Å². The van der Waals surface area contributed by atoms with E-state index >= 15 is 0 Å². The average molecular weight is 331 g/mol. The Morgan fingerprint density at radius 3 is 2.92 bits per heavy atom. The van der Waals surface area contributed by atoms with E-state index < -0.39 is 0 Å². The summed E-state index contributed by atoms with van der Waals surface area (Å²) in [7, 11) is 0. The molecule has 0 N–H and O–H groups in total. The van der Waals surface area contributed by atoms with Gasteiger partial charge in [-0.05, 0) is 24.3 Å². The number of hydrogen-bond acceptors (Lipinski definition) is 6. The summed E-state index contributed by atoms with van der Waals surface area (Å²) in [5, 5.41) is 4.43. The number of pyridine rings is 1. The van der Waals surface area contributed by atoms with Gasteiger partial charge in [-0.3, -0.25) is 9.78 Å². The Kier molecular flexibility index (Phi) is 3.00. The smallest absolute Gasteiger partial charge is 0.252 e. The second-order valence-electron chi connectivity index (χ2n) is 6.07. The van der Waals surface area contributed by atoms with Crippen molar-refractivity contribution >= 4 is 11.6 Å². The first-order chi connectivity index (χ1) is 12.3. The van der Waals surface area contributed by atoms with Gasteiger partial charge in [0.2, 0.25) is 0 Å². The van der Waals surface area contributed by atoms with Crippen molar-refractivity contribution in [3.05, 3.63) is 66.1 Å². The highest BCUT2D eigenvalue weighted by Crippen LogP contribution is 2.32. The van der Waals surface area contributed by atoms with Crippen molar-refractivity contribution in [2.24, 2.45) is 0 Å². The van der Waals surface area contributed by atoms with Gasteiger partial charge < -0.3 is 4.42 Å². The molecule has 7 nitrogen and oxygen atoms in total. The van der Waals surface area contributed by atoms with Crippen molar-refractivity contribution in [2.75, 3.05) is 0 Å². The summed E-state index contributed by atoms with van der Waals surface area (Å²) in [6.45, 7) is 0. The number of ketones is 1. The van der Waals surface area contributed by atoms with Crippen molar-refractivity contribution in [1.82, 2.24) is 24.6 Å². The Balaban J connectivity index is 1.59. The van der Waals surface area contributed by atoms with E-state index in [-0.39, 0.29) is 11.7 Å². The molecular formula is C18H13N5O2. The minimum absolute atomic E-state index is 0.0191. The van der Waals surface area contributed by atoms with E-state index in [1.54, 1.807) is 29.4 Å². The minimum atomic E-state index is 0.0191. The minimum Gasteiger partial charge on any atom is -0.469 e. The monoisotopic (exact) mass is 331 g/mol. The first kappa shape index (κ1) is 14.0. The Morgan fingerprint density at radius 2 is 2.12 bits per heavy atom. The van der Waals surface area contributed by atoms with Crippen LogP contribution >= 0.6 is 0 Å². The molecule has 0 saturated heterocycles. The van der Waals surface area contributed by atoms with E-state index in [0.717, 1.165) is 17.0 Å². The van der Waals surface area contributed by atoms with Crippen molar-refractivity contribution in [2.45, 2.75) is 18.8 Å². The molecule has 0 radical (unpaired) electrons. The largest absolute Gasteiger partial charge is 0.469 e. The maximum atomic E-state index is 12.6. The summed E-state index contributed by atoms with van der Waals surface area (Å²) in [5.74, 6) is 1.91. The Bertz CT molecular complexity index is 1070. The van der Waals surface area contributed by atoms with Gasteiger partial charge in [0.1, 0.15) is 5.76 Å². The third kappa shape index (κ3) is 2.32. The highest BCUT2D eigenvalue weighted by molar-refractivity contribution is 5.98. The molecule has 0 spiro atoms. The average Bonchev–Trinajstić information content (AvgIpc) is 3.30. The molecule has 0 fully saturated rings. The molecule has 0 aromatic carbocycles. The number of Topliss-reactive ketones (excluding diaryl/α,β-unsaturated/α-hetero) is 1. The molecule has 25 heavy (non-hydrogen) atoms. The number of carbonyl (C=O) groups is 1. The second-order valence-corrected chi connectivity index (χ2v) is 6.07. The van der Waals surface area contributed by atoms with Crippen LogP contribution in [0.5, 0.6) is 0 Å². The summed E-state index contributed by atoms with van der Waals surface area (Å²) < 4.78 is 7.03. The molecule has 5 rings (SSSR count). The van der Waals surface area contributed by atoms with Gasteiger partial charge in [0.05, 0.1) is 17.5 Å². The van der Waals surface area contributed by atoms with Crippen LogP contribution in [0.1, 0.15) is 34.2 Å². The molecule has 4 heterocycles. The Morgan fingerprint density at radius 1 is 1.16 bits per heavy atom. The molecule has 0 aliphatic heterocycles. The van der Waals surface area contributed by atoms with E-state index in [1.807, 2.05) is 24.3 Å². The SMILES string of the molecule is O=C1C[C@H](c2ccco2)Cc2nc3nc(-c4cccnc4)nn3cc21. The molecule has 4 aromatic heterocycles. The highest BCUT2D eigenvalue weighted by Gasteiger charge is 2.30. The summed E-state index contributed by atoms with van der Waals surface area (Å²) in [6.07, 6.45) is 7.82. The second kappa shape index (κ2) is 5.34. The van der Waals surface area contributed by atoms with E-state index in [9.17, 15) is 4.79 Å². The van der Waals surface area contributed by atoms with Gasteiger partial charge >= 0.3 is 0 Å². The van der Waals surface area contributed by atoms with Crippen LogP contribution in [-0.4, -0.2) is 30.3 Å². The van der Waals surface area contributed by atoms with Gasteiger partial charge in [0.15, 0.2) is 11.6 Å². The summed E-state index contributed by atoms with van der Waals surface area (Å²) in [6, 6.07) is 7.46. The maximum absolute atomic E-state index is 12.6. The number of fused-ring (bicyclic) bond motifs is 2. The zero-order valence-electron chi connectivity index (χ0n) is 13.2. The van der Waals surface area contributed by atoms with Crippen molar-refractivity contribution in [3.63, 3.8) is 0 Å². The van der Waals surface area contributed by atoms with E-state index in [1.165, 1.54) is 0 Å². The van der Waals surface area contributed by atoms with Crippen LogP contribution in [0.3, 0.4) is 0 Å². The van der Waals surface area contributed by atoms with Gasteiger partial charge in [0.25, 0.3) is 5.78 Å². The first-order valence-electron chi connectivity index (χ1n) is 8.01. The molecular weight excluding hydrogens is 318 g/mol. The van der Waals surface area contributed by atoms with Crippen LogP contribution in [0.25, 0.3) is 17.2 Å². The van der Waals surface area contributed by atoms with Gasteiger partial charge in [-0.15, -0.1) is 5.10 Å². The zero-order valence-corrected chi connectivity index (χ0v) is 13.2. The van der Waals surface area contributed by atoms with Crippen molar-refractivity contribution in [3.8, 4) is 11.4 Å². The fourth-order valence-corrected chi connectivity index (χ4v) is 3.23. The topological polar surface area (TPSA) is 86.2 Å². The number of hydrogen-bond donors (Lipinski definition) is 0. The van der Waals surface area contributed by atoms with Gasteiger partial charge in [0, 0.05) is 42.9 Å². The summed E-state index contributed by atoms with van der Waals surface area (Å²) >= 11 is 0. The molecule has 0 bridgehead atoms.